The number of anilines is 1. The molecule has 3 rings (SSSR count). The van der Waals surface area contributed by atoms with Crippen LogP contribution in [0.1, 0.15) is 40.8 Å². The number of fused-ring (bicyclic) bond motifs is 1. The molecular weight excluding hydrogens is 426 g/mol. The Bertz CT molecular complexity index is 1240. The SMILES string of the molecule is CCOC(=O)c1sc(NC(C)=O)c(C(=O)OCC)c1-c1cc2ccc(O)cc2oc1=O. The number of thiophene rings is 1. The standard InChI is InChI=1S/C21H19NO8S/c1-4-28-20(26)16-15(17(21(27)29-5-2)31-18(16)22-10(3)23)13-8-11-6-7-12(24)9-14(11)30-19(13)25/h6-9,24H,4-5H2,1-3H3,(H,22,23). The molecule has 0 spiro atoms. The predicted molar refractivity (Wildman–Crippen MR) is 114 cm³/mol. The second-order valence-corrected chi connectivity index (χ2v) is 7.32. The van der Waals surface area contributed by atoms with Crippen LogP contribution < -0.4 is 10.9 Å². The Morgan fingerprint density at radius 1 is 1.10 bits per heavy atom. The minimum Gasteiger partial charge on any atom is -0.508 e. The van der Waals surface area contributed by atoms with Gasteiger partial charge >= 0.3 is 17.6 Å². The number of phenols is 1. The smallest absolute Gasteiger partial charge is 0.349 e. The number of nitrogens with one attached hydrogen (secondary N) is 1. The van der Waals surface area contributed by atoms with Gasteiger partial charge in [0.2, 0.25) is 5.91 Å². The third-order valence-electron chi connectivity index (χ3n) is 4.13. The normalized spacial score (nSPS) is 10.7. The zero-order valence-corrected chi connectivity index (χ0v) is 17.8. The van der Waals surface area contributed by atoms with Crippen LogP contribution in [0.3, 0.4) is 0 Å². The van der Waals surface area contributed by atoms with Gasteiger partial charge in [0.15, 0.2) is 0 Å². The molecule has 0 fully saturated rings. The monoisotopic (exact) mass is 445 g/mol. The lowest BCUT2D eigenvalue weighted by atomic mass is 10.0. The molecule has 10 heteroatoms. The number of hydrogen-bond acceptors (Lipinski definition) is 9. The molecule has 31 heavy (non-hydrogen) atoms. The molecule has 0 aliphatic carbocycles. The number of carbonyl (C=O) groups is 3. The van der Waals surface area contributed by atoms with Gasteiger partial charge < -0.3 is 24.3 Å². The van der Waals surface area contributed by atoms with Crippen molar-refractivity contribution in [3.05, 3.63) is 45.1 Å². The minimum absolute atomic E-state index is 0.0357. The maximum absolute atomic E-state index is 12.8. The summed E-state index contributed by atoms with van der Waals surface area (Å²) >= 11 is 0.800. The maximum Gasteiger partial charge on any atom is 0.349 e. The lowest BCUT2D eigenvalue weighted by molar-refractivity contribution is -0.114. The molecule has 0 unspecified atom stereocenters. The Balaban J connectivity index is 2.37. The number of aromatic hydroxyl groups is 1. The molecule has 9 nitrogen and oxygen atoms in total. The van der Waals surface area contributed by atoms with E-state index in [1.807, 2.05) is 0 Å². The van der Waals surface area contributed by atoms with Crippen LogP contribution in [-0.4, -0.2) is 36.2 Å². The third-order valence-corrected chi connectivity index (χ3v) is 5.21. The molecule has 162 valence electrons. The summed E-state index contributed by atoms with van der Waals surface area (Å²) in [7, 11) is 0. The van der Waals surface area contributed by atoms with Gasteiger partial charge in [0.1, 0.15) is 26.8 Å². The lowest BCUT2D eigenvalue weighted by Crippen LogP contribution is -2.14. The van der Waals surface area contributed by atoms with Crippen molar-refractivity contribution < 1.29 is 33.4 Å². The molecule has 1 aromatic carbocycles. The van der Waals surface area contributed by atoms with Crippen molar-refractivity contribution in [3.63, 3.8) is 0 Å². The molecule has 3 aromatic rings. The van der Waals surface area contributed by atoms with Crippen molar-refractivity contribution in [1.29, 1.82) is 0 Å². The summed E-state index contributed by atoms with van der Waals surface area (Å²) in [5.74, 6) is -2.16. The number of ether oxygens (including phenoxy) is 2. The van der Waals surface area contributed by atoms with Crippen molar-refractivity contribution in [3.8, 4) is 16.9 Å². The predicted octanol–water partition coefficient (Wildman–Crippen LogP) is 3.54. The van der Waals surface area contributed by atoms with Gasteiger partial charge in [-0.2, -0.15) is 0 Å². The number of rotatable bonds is 6. The average molecular weight is 445 g/mol. The number of phenolic OH excluding ortho intramolecular Hbond substituents is 1. The Labute approximate surface area is 180 Å². The highest BCUT2D eigenvalue weighted by Gasteiger charge is 2.32. The highest BCUT2D eigenvalue weighted by molar-refractivity contribution is 7.19. The molecule has 0 saturated carbocycles. The summed E-state index contributed by atoms with van der Waals surface area (Å²) in [6.07, 6.45) is 0. The molecule has 0 saturated heterocycles. The van der Waals surface area contributed by atoms with E-state index in [1.165, 1.54) is 31.2 Å². The number of esters is 2. The van der Waals surface area contributed by atoms with Gasteiger partial charge in [-0.15, -0.1) is 11.3 Å². The van der Waals surface area contributed by atoms with Crippen molar-refractivity contribution in [1.82, 2.24) is 0 Å². The first kappa shape index (κ1) is 22.0. The molecule has 0 bridgehead atoms. The molecule has 1 amide bonds. The summed E-state index contributed by atoms with van der Waals surface area (Å²) in [4.78, 5) is 49.9. The van der Waals surface area contributed by atoms with E-state index in [2.05, 4.69) is 5.32 Å². The summed E-state index contributed by atoms with van der Waals surface area (Å²) in [6.45, 7) is 4.56. The summed E-state index contributed by atoms with van der Waals surface area (Å²) in [6, 6.07) is 5.63. The van der Waals surface area contributed by atoms with Crippen LogP contribution in [0, 0.1) is 0 Å². The maximum atomic E-state index is 12.8. The van der Waals surface area contributed by atoms with Crippen molar-refractivity contribution in [2.24, 2.45) is 0 Å². The van der Waals surface area contributed by atoms with Gasteiger partial charge in [0.05, 0.1) is 18.8 Å². The van der Waals surface area contributed by atoms with Crippen LogP contribution in [0.2, 0.25) is 0 Å². The molecule has 2 N–H and O–H groups in total. The molecule has 2 aromatic heterocycles. The van der Waals surface area contributed by atoms with E-state index < -0.39 is 23.5 Å². The molecule has 0 aliphatic rings. The van der Waals surface area contributed by atoms with Crippen LogP contribution >= 0.6 is 11.3 Å². The van der Waals surface area contributed by atoms with Crippen LogP contribution in [0.5, 0.6) is 5.75 Å². The Morgan fingerprint density at radius 3 is 2.42 bits per heavy atom. The van der Waals surface area contributed by atoms with Gasteiger partial charge in [-0.25, -0.2) is 14.4 Å². The van der Waals surface area contributed by atoms with E-state index >= 15 is 0 Å². The first-order valence-electron chi connectivity index (χ1n) is 9.32. The number of hydrogen-bond donors (Lipinski definition) is 2. The van der Waals surface area contributed by atoms with E-state index in [0.717, 1.165) is 11.3 Å². The molecule has 0 aliphatic heterocycles. The second-order valence-electron chi connectivity index (χ2n) is 6.30. The third kappa shape index (κ3) is 4.43. The fourth-order valence-electron chi connectivity index (χ4n) is 2.95. The van der Waals surface area contributed by atoms with Gasteiger partial charge in [-0.1, -0.05) is 0 Å². The average Bonchev–Trinajstić information content (AvgIpc) is 3.06. The summed E-state index contributed by atoms with van der Waals surface area (Å²) in [5, 5.41) is 12.6. The van der Waals surface area contributed by atoms with E-state index in [4.69, 9.17) is 13.9 Å². The van der Waals surface area contributed by atoms with Gasteiger partial charge in [-0.3, -0.25) is 4.79 Å². The molecule has 0 radical (unpaired) electrons. The molecule has 0 atom stereocenters. The summed E-state index contributed by atoms with van der Waals surface area (Å²) in [5.41, 5.74) is -0.996. The van der Waals surface area contributed by atoms with Crippen molar-refractivity contribution in [2.45, 2.75) is 20.8 Å². The van der Waals surface area contributed by atoms with Crippen LogP contribution in [0.25, 0.3) is 22.1 Å². The Morgan fingerprint density at radius 2 is 1.77 bits per heavy atom. The van der Waals surface area contributed by atoms with E-state index in [9.17, 15) is 24.3 Å². The van der Waals surface area contributed by atoms with Crippen LogP contribution in [-0.2, 0) is 14.3 Å². The van der Waals surface area contributed by atoms with Crippen molar-refractivity contribution in [2.75, 3.05) is 18.5 Å². The number of carbonyl (C=O) groups excluding carboxylic acids is 3. The first-order chi connectivity index (χ1) is 14.8. The molecular formula is C21H19NO8S. The Kier molecular flexibility index (Phi) is 6.40. The largest absolute Gasteiger partial charge is 0.508 e. The van der Waals surface area contributed by atoms with Crippen molar-refractivity contribution >= 4 is 45.2 Å². The van der Waals surface area contributed by atoms with E-state index in [0.29, 0.717) is 5.39 Å². The number of benzene rings is 1. The highest BCUT2D eigenvalue weighted by Crippen LogP contribution is 2.41. The van der Waals surface area contributed by atoms with Crippen LogP contribution in [0.15, 0.2) is 33.5 Å². The quantitative estimate of drug-likeness (QED) is 0.435. The Hall–Kier alpha value is -3.66. The van der Waals surface area contributed by atoms with E-state index in [1.54, 1.807) is 13.8 Å². The number of amides is 1. The minimum atomic E-state index is -0.846. The fraction of sp³-hybridized carbons (Fsp3) is 0.238. The fourth-order valence-corrected chi connectivity index (χ4v) is 4.09. The van der Waals surface area contributed by atoms with Crippen LogP contribution in [0.4, 0.5) is 5.00 Å². The zero-order chi connectivity index (χ0) is 22.7. The first-order valence-corrected chi connectivity index (χ1v) is 10.1. The topological polar surface area (TPSA) is 132 Å². The molecule has 2 heterocycles. The van der Waals surface area contributed by atoms with Gasteiger partial charge in [0.25, 0.3) is 0 Å². The second kappa shape index (κ2) is 9.00. The van der Waals surface area contributed by atoms with E-state index in [-0.39, 0.29) is 51.1 Å². The zero-order valence-electron chi connectivity index (χ0n) is 16.9. The highest BCUT2D eigenvalue weighted by atomic mass is 32.1. The summed E-state index contributed by atoms with van der Waals surface area (Å²) < 4.78 is 15.5. The van der Waals surface area contributed by atoms with Gasteiger partial charge in [-0.05, 0) is 32.0 Å². The lowest BCUT2D eigenvalue weighted by Gasteiger charge is -2.09. The van der Waals surface area contributed by atoms with Gasteiger partial charge in [0, 0.05) is 23.9 Å².